The third-order valence-electron chi connectivity index (χ3n) is 2.06. The number of carbonyl (C=O) groups excluding carboxylic acids is 1. The minimum atomic E-state index is -0.930. The van der Waals surface area contributed by atoms with Gasteiger partial charge < -0.3 is 15.7 Å². The van der Waals surface area contributed by atoms with Gasteiger partial charge in [-0.1, -0.05) is 6.92 Å². The van der Waals surface area contributed by atoms with Crippen LogP contribution in [0.1, 0.15) is 16.8 Å². The van der Waals surface area contributed by atoms with Crippen LogP contribution >= 0.6 is 11.3 Å². The average molecular weight is 257 g/mol. The summed E-state index contributed by atoms with van der Waals surface area (Å²) in [5.74, 6) is -1.52. The predicted molar refractivity (Wildman–Crippen MR) is 63.9 cm³/mol. The summed E-state index contributed by atoms with van der Waals surface area (Å²) in [7, 11) is 0. The molecule has 94 valence electrons. The largest absolute Gasteiger partial charge is 0.481 e. The molecule has 1 aromatic heterocycles. The Kier molecular flexibility index (Phi) is 4.89. The molecule has 1 atom stereocenters. The molecule has 1 unspecified atom stereocenters. The van der Waals surface area contributed by atoms with Gasteiger partial charge in [-0.25, -0.2) is 9.78 Å². The van der Waals surface area contributed by atoms with Crippen molar-refractivity contribution in [3.8, 4) is 0 Å². The van der Waals surface area contributed by atoms with E-state index in [9.17, 15) is 9.59 Å². The number of aromatic nitrogens is 1. The molecular formula is C10H15N3O3S. The molecule has 1 rings (SSSR count). The van der Waals surface area contributed by atoms with Crippen LogP contribution in [0.4, 0.5) is 4.79 Å². The van der Waals surface area contributed by atoms with Crippen molar-refractivity contribution in [1.29, 1.82) is 0 Å². The van der Waals surface area contributed by atoms with Gasteiger partial charge in [0.2, 0.25) is 0 Å². The molecule has 2 amide bonds. The lowest BCUT2D eigenvalue weighted by Gasteiger charge is -2.08. The van der Waals surface area contributed by atoms with Crippen LogP contribution < -0.4 is 10.6 Å². The standard InChI is InChI=1S/C10H15N3O3S/c1-6(9(14)15)3-12-10(16)13-5-8-11-4-7(2)17-8/h4,6H,3,5H2,1-2H3,(H,14,15)(H2,12,13,16). The van der Waals surface area contributed by atoms with Crippen LogP contribution in [0.3, 0.4) is 0 Å². The predicted octanol–water partition coefficient (Wildman–Crippen LogP) is 0.971. The van der Waals surface area contributed by atoms with Crippen molar-refractivity contribution in [1.82, 2.24) is 15.6 Å². The summed E-state index contributed by atoms with van der Waals surface area (Å²) in [6.45, 7) is 3.94. The normalized spacial score (nSPS) is 11.9. The number of rotatable bonds is 5. The molecule has 0 radical (unpaired) electrons. The first-order valence-corrected chi connectivity index (χ1v) is 5.96. The Labute approximate surface area is 103 Å². The quantitative estimate of drug-likeness (QED) is 0.733. The molecular weight excluding hydrogens is 242 g/mol. The fraction of sp³-hybridized carbons (Fsp3) is 0.500. The highest BCUT2D eigenvalue weighted by atomic mass is 32.1. The highest BCUT2D eigenvalue weighted by Crippen LogP contribution is 2.10. The summed E-state index contributed by atoms with van der Waals surface area (Å²) in [4.78, 5) is 27.0. The molecule has 0 aromatic carbocycles. The van der Waals surface area contributed by atoms with Crippen LogP contribution in [0.5, 0.6) is 0 Å². The Bertz CT molecular complexity index is 405. The number of nitrogens with one attached hydrogen (secondary N) is 2. The molecule has 7 heteroatoms. The van der Waals surface area contributed by atoms with E-state index in [0.29, 0.717) is 6.54 Å². The van der Waals surface area contributed by atoms with E-state index in [4.69, 9.17) is 5.11 Å². The van der Waals surface area contributed by atoms with Gasteiger partial charge in [0.25, 0.3) is 0 Å². The maximum atomic E-state index is 11.3. The molecule has 3 N–H and O–H groups in total. The van der Waals surface area contributed by atoms with Crippen molar-refractivity contribution in [3.63, 3.8) is 0 Å². The summed E-state index contributed by atoms with van der Waals surface area (Å²) in [6, 6.07) is -0.383. The Morgan fingerprint density at radius 3 is 2.76 bits per heavy atom. The maximum Gasteiger partial charge on any atom is 0.315 e. The number of carboxylic acid groups (broad SMARTS) is 1. The summed E-state index contributed by atoms with van der Waals surface area (Å²) < 4.78 is 0. The van der Waals surface area contributed by atoms with Crippen molar-refractivity contribution in [2.24, 2.45) is 5.92 Å². The van der Waals surface area contributed by atoms with E-state index >= 15 is 0 Å². The second-order valence-corrected chi connectivity index (χ2v) is 4.99. The van der Waals surface area contributed by atoms with E-state index in [1.807, 2.05) is 6.92 Å². The van der Waals surface area contributed by atoms with E-state index in [-0.39, 0.29) is 12.6 Å². The zero-order chi connectivity index (χ0) is 12.8. The number of nitrogens with zero attached hydrogens (tertiary/aromatic N) is 1. The minimum absolute atomic E-state index is 0.109. The van der Waals surface area contributed by atoms with Gasteiger partial charge in [-0.3, -0.25) is 4.79 Å². The van der Waals surface area contributed by atoms with E-state index in [1.165, 1.54) is 18.3 Å². The molecule has 1 heterocycles. The first kappa shape index (κ1) is 13.4. The molecule has 0 aliphatic heterocycles. The number of aliphatic carboxylic acids is 1. The lowest BCUT2D eigenvalue weighted by atomic mass is 10.2. The zero-order valence-corrected chi connectivity index (χ0v) is 10.5. The lowest BCUT2D eigenvalue weighted by molar-refractivity contribution is -0.140. The number of amides is 2. The van der Waals surface area contributed by atoms with Gasteiger partial charge >= 0.3 is 12.0 Å². The molecule has 0 aliphatic carbocycles. The molecule has 0 saturated carbocycles. The Morgan fingerprint density at radius 1 is 1.53 bits per heavy atom. The highest BCUT2D eigenvalue weighted by molar-refractivity contribution is 7.11. The van der Waals surface area contributed by atoms with Gasteiger partial charge in [0.15, 0.2) is 0 Å². The third kappa shape index (κ3) is 4.81. The Morgan fingerprint density at radius 2 is 2.24 bits per heavy atom. The van der Waals surface area contributed by atoms with Gasteiger partial charge in [0.1, 0.15) is 5.01 Å². The summed E-state index contributed by atoms with van der Waals surface area (Å²) in [6.07, 6.45) is 1.74. The molecule has 0 spiro atoms. The maximum absolute atomic E-state index is 11.3. The molecule has 0 aliphatic rings. The molecule has 0 fully saturated rings. The van der Waals surface area contributed by atoms with Gasteiger partial charge in [0, 0.05) is 17.6 Å². The molecule has 0 saturated heterocycles. The number of carbonyl (C=O) groups is 2. The summed E-state index contributed by atoms with van der Waals surface area (Å²) >= 11 is 1.51. The lowest BCUT2D eigenvalue weighted by Crippen LogP contribution is -2.38. The Hall–Kier alpha value is -1.63. The fourth-order valence-corrected chi connectivity index (χ4v) is 1.76. The van der Waals surface area contributed by atoms with Crippen molar-refractivity contribution in [3.05, 3.63) is 16.1 Å². The minimum Gasteiger partial charge on any atom is -0.481 e. The van der Waals surface area contributed by atoms with E-state index in [1.54, 1.807) is 6.20 Å². The first-order valence-electron chi connectivity index (χ1n) is 5.15. The second kappa shape index (κ2) is 6.19. The van der Waals surface area contributed by atoms with Crippen LogP contribution in [-0.4, -0.2) is 28.6 Å². The molecule has 0 bridgehead atoms. The van der Waals surface area contributed by atoms with Crippen LogP contribution in [0.2, 0.25) is 0 Å². The van der Waals surface area contributed by atoms with Crippen LogP contribution in [0.25, 0.3) is 0 Å². The van der Waals surface area contributed by atoms with Crippen molar-refractivity contribution in [2.75, 3.05) is 6.54 Å². The monoisotopic (exact) mass is 257 g/mol. The van der Waals surface area contributed by atoms with E-state index < -0.39 is 11.9 Å². The first-order chi connectivity index (χ1) is 7.99. The van der Waals surface area contributed by atoms with Crippen molar-refractivity contribution < 1.29 is 14.7 Å². The second-order valence-electron chi connectivity index (χ2n) is 3.67. The van der Waals surface area contributed by atoms with Crippen LogP contribution in [0.15, 0.2) is 6.20 Å². The Balaban J connectivity index is 2.24. The van der Waals surface area contributed by atoms with Gasteiger partial charge in [-0.15, -0.1) is 11.3 Å². The number of urea groups is 1. The van der Waals surface area contributed by atoms with Crippen molar-refractivity contribution in [2.45, 2.75) is 20.4 Å². The number of aryl methyl sites for hydroxylation is 1. The van der Waals surface area contributed by atoms with Gasteiger partial charge in [-0.2, -0.15) is 0 Å². The number of thiazole rings is 1. The number of carboxylic acids is 1. The number of hydrogen-bond acceptors (Lipinski definition) is 4. The van der Waals surface area contributed by atoms with Gasteiger partial charge in [-0.05, 0) is 6.92 Å². The van der Waals surface area contributed by atoms with E-state index in [2.05, 4.69) is 15.6 Å². The van der Waals surface area contributed by atoms with Crippen molar-refractivity contribution >= 4 is 23.3 Å². The van der Waals surface area contributed by atoms with E-state index in [0.717, 1.165) is 9.88 Å². The fourth-order valence-electron chi connectivity index (χ4n) is 1.03. The number of hydrogen-bond donors (Lipinski definition) is 3. The smallest absolute Gasteiger partial charge is 0.315 e. The summed E-state index contributed by atoms with van der Waals surface area (Å²) in [5.41, 5.74) is 0. The summed E-state index contributed by atoms with van der Waals surface area (Å²) in [5, 5.41) is 14.5. The van der Waals surface area contributed by atoms with Crippen LogP contribution in [-0.2, 0) is 11.3 Å². The molecule has 6 nitrogen and oxygen atoms in total. The zero-order valence-electron chi connectivity index (χ0n) is 9.69. The topological polar surface area (TPSA) is 91.3 Å². The van der Waals surface area contributed by atoms with Crippen LogP contribution in [0, 0.1) is 12.8 Å². The SMILES string of the molecule is Cc1cnc(CNC(=O)NCC(C)C(=O)O)s1. The van der Waals surface area contributed by atoms with Gasteiger partial charge in [0.05, 0.1) is 12.5 Å². The molecule has 1 aromatic rings. The highest BCUT2D eigenvalue weighted by Gasteiger charge is 2.11. The average Bonchev–Trinajstić information content (AvgIpc) is 2.69. The third-order valence-corrected chi connectivity index (χ3v) is 2.97. The molecule has 17 heavy (non-hydrogen) atoms.